The lowest BCUT2D eigenvalue weighted by molar-refractivity contribution is -0.143. The summed E-state index contributed by atoms with van der Waals surface area (Å²) in [5.41, 5.74) is -1.02. The lowest BCUT2D eigenvalue weighted by Gasteiger charge is -2.35. The number of hydrogen-bond donors (Lipinski definition) is 1. The zero-order chi connectivity index (χ0) is 29.5. The Morgan fingerprint density at radius 2 is 1.66 bits per heavy atom. The topological polar surface area (TPSA) is 128 Å². The minimum Gasteiger partial charge on any atom is -0.507 e. The zero-order valence-electron chi connectivity index (χ0n) is 23.4. The highest BCUT2D eigenvalue weighted by molar-refractivity contribution is 7.89. The number of benzene rings is 2. The van der Waals surface area contributed by atoms with Crippen molar-refractivity contribution in [2.75, 3.05) is 64.9 Å². The van der Waals surface area contributed by atoms with Gasteiger partial charge in [0.15, 0.2) is 5.54 Å². The summed E-state index contributed by atoms with van der Waals surface area (Å²) in [6.07, 6.45) is 0.507. The average molecular weight is 583 g/mol. The van der Waals surface area contributed by atoms with Gasteiger partial charge in [-0.3, -0.25) is 19.3 Å². The Labute approximate surface area is 239 Å². The lowest BCUT2D eigenvalue weighted by Crippen LogP contribution is -2.52. The van der Waals surface area contributed by atoms with E-state index in [2.05, 4.69) is 4.90 Å². The molecule has 2 fully saturated rings. The Hall–Kier alpha value is -3.58. The molecule has 1 spiro atoms. The quantitative estimate of drug-likeness (QED) is 0.283. The number of nitrogens with zero attached hydrogens (tertiary/aromatic N) is 4. The number of rotatable bonds is 8. The third-order valence-electron chi connectivity index (χ3n) is 7.99. The molecule has 1 atom stereocenters. The van der Waals surface area contributed by atoms with Gasteiger partial charge in [0.1, 0.15) is 5.76 Å². The maximum atomic E-state index is 14.3. The Morgan fingerprint density at radius 1 is 1.00 bits per heavy atom. The monoisotopic (exact) mass is 582 g/mol. The van der Waals surface area contributed by atoms with Gasteiger partial charge in [0.05, 0.1) is 29.4 Å². The van der Waals surface area contributed by atoms with Crippen LogP contribution in [0.2, 0.25) is 0 Å². The van der Waals surface area contributed by atoms with E-state index in [4.69, 9.17) is 4.74 Å². The number of carbonyl (C=O) groups is 3. The molecule has 12 heteroatoms. The Bertz CT molecular complexity index is 1510. The number of likely N-dealkylation sites (N-methyl/N-ethyl adjacent to an activating group) is 1. The van der Waals surface area contributed by atoms with Crippen LogP contribution in [-0.2, 0) is 34.7 Å². The van der Waals surface area contributed by atoms with Gasteiger partial charge < -0.3 is 19.6 Å². The molecule has 0 unspecified atom stereocenters. The smallest absolute Gasteiger partial charge is 0.296 e. The molecule has 2 amide bonds. The summed E-state index contributed by atoms with van der Waals surface area (Å²) < 4.78 is 31.6. The van der Waals surface area contributed by atoms with E-state index in [1.54, 1.807) is 24.3 Å². The van der Waals surface area contributed by atoms with Crippen LogP contribution in [-0.4, -0.2) is 105 Å². The zero-order valence-corrected chi connectivity index (χ0v) is 24.2. The fraction of sp³-hybridized carbons (Fsp3) is 0.414. The van der Waals surface area contributed by atoms with Crippen LogP contribution in [0.1, 0.15) is 24.5 Å². The normalized spacial score (nSPS) is 22.8. The highest BCUT2D eigenvalue weighted by atomic mass is 32.2. The second kappa shape index (κ2) is 11.0. The molecule has 2 aromatic rings. The molecule has 0 bridgehead atoms. The summed E-state index contributed by atoms with van der Waals surface area (Å²) in [6, 6.07) is 12.4. The number of aliphatic hydroxyl groups is 1. The number of para-hydroxylation sites is 1. The van der Waals surface area contributed by atoms with Crippen molar-refractivity contribution in [3.63, 3.8) is 0 Å². The van der Waals surface area contributed by atoms with Crippen molar-refractivity contribution in [3.8, 4) is 0 Å². The van der Waals surface area contributed by atoms with Crippen molar-refractivity contribution in [1.29, 1.82) is 0 Å². The Balaban J connectivity index is 1.63. The molecule has 218 valence electrons. The van der Waals surface area contributed by atoms with Crippen LogP contribution in [0, 0.1) is 0 Å². The van der Waals surface area contributed by atoms with Crippen LogP contribution in [0.4, 0.5) is 5.69 Å². The van der Waals surface area contributed by atoms with E-state index >= 15 is 0 Å². The number of fused-ring (bicyclic) bond motifs is 2. The number of likely N-dealkylation sites (tertiary alicyclic amines) is 1. The van der Waals surface area contributed by atoms with Crippen LogP contribution in [0.5, 0.6) is 0 Å². The molecule has 3 heterocycles. The molecule has 41 heavy (non-hydrogen) atoms. The maximum Gasteiger partial charge on any atom is 0.296 e. The average Bonchev–Trinajstić information content (AvgIpc) is 3.35. The predicted octanol–water partition coefficient (Wildman–Crippen LogP) is 1.60. The van der Waals surface area contributed by atoms with Gasteiger partial charge in [-0.05, 0) is 43.7 Å². The largest absolute Gasteiger partial charge is 0.507 e. The van der Waals surface area contributed by atoms with E-state index in [-0.39, 0.29) is 22.6 Å². The molecule has 2 aromatic carbocycles. The summed E-state index contributed by atoms with van der Waals surface area (Å²) in [4.78, 5) is 46.7. The number of morpholine rings is 1. The van der Waals surface area contributed by atoms with Crippen molar-refractivity contribution in [1.82, 2.24) is 14.1 Å². The van der Waals surface area contributed by atoms with Crippen LogP contribution in [0.3, 0.4) is 0 Å². The molecule has 0 aliphatic carbocycles. The summed E-state index contributed by atoms with van der Waals surface area (Å²) >= 11 is 0. The number of aliphatic hydroxyl groups excluding tert-OH is 1. The standard InChI is InChI=1S/C29H34N4O7S/c1-4-32-23-9-6-5-8-22(23)29(28(32)37)24(25(34)20-10-12-21(13-11-20)41(38,39)30(2)3)26(35)27(36)33(29)15-7-14-31-16-18-40-19-17-31/h5-6,8-13,34H,4,7,14-19H2,1-3H3/t29-/m0/s1. The third-order valence-corrected chi connectivity index (χ3v) is 9.82. The first kappa shape index (κ1) is 28.9. The molecule has 3 aliphatic rings. The van der Waals surface area contributed by atoms with E-state index in [9.17, 15) is 27.9 Å². The molecule has 5 rings (SSSR count). The van der Waals surface area contributed by atoms with Gasteiger partial charge in [-0.2, -0.15) is 0 Å². The summed E-state index contributed by atoms with van der Waals surface area (Å²) in [7, 11) is -0.918. The van der Waals surface area contributed by atoms with Gasteiger partial charge >= 0.3 is 0 Å². The second-order valence-electron chi connectivity index (χ2n) is 10.4. The van der Waals surface area contributed by atoms with E-state index in [0.717, 1.165) is 17.4 Å². The number of carbonyl (C=O) groups excluding carboxylic acids is 3. The van der Waals surface area contributed by atoms with Gasteiger partial charge in [0, 0.05) is 57.9 Å². The lowest BCUT2D eigenvalue weighted by atomic mass is 9.82. The first-order valence-electron chi connectivity index (χ1n) is 13.6. The maximum absolute atomic E-state index is 14.3. The molecule has 0 saturated carbocycles. The van der Waals surface area contributed by atoms with Crippen LogP contribution >= 0.6 is 0 Å². The minimum atomic E-state index is -3.73. The number of Topliss-reactive ketones (excluding diaryl/α,β-unsaturated/α-hetero) is 1. The van der Waals surface area contributed by atoms with Crippen molar-refractivity contribution in [2.45, 2.75) is 23.8 Å². The van der Waals surface area contributed by atoms with Crippen molar-refractivity contribution in [3.05, 3.63) is 65.2 Å². The molecule has 0 radical (unpaired) electrons. The van der Waals surface area contributed by atoms with Crippen LogP contribution < -0.4 is 4.90 Å². The van der Waals surface area contributed by atoms with Gasteiger partial charge in [-0.15, -0.1) is 0 Å². The van der Waals surface area contributed by atoms with Crippen LogP contribution in [0.25, 0.3) is 5.76 Å². The number of amides is 2. The van der Waals surface area contributed by atoms with Crippen LogP contribution in [0.15, 0.2) is 59.0 Å². The van der Waals surface area contributed by atoms with E-state index in [1.165, 1.54) is 48.2 Å². The highest BCUT2D eigenvalue weighted by Crippen LogP contribution is 2.53. The molecule has 3 aliphatic heterocycles. The van der Waals surface area contributed by atoms with E-state index in [0.29, 0.717) is 44.0 Å². The fourth-order valence-corrected chi connectivity index (χ4v) is 6.80. The Kier molecular flexibility index (Phi) is 7.77. The number of ketones is 1. The number of sulfonamides is 1. The molecular weight excluding hydrogens is 548 g/mol. The first-order valence-corrected chi connectivity index (χ1v) is 15.0. The number of ether oxygens (including phenoxy) is 1. The van der Waals surface area contributed by atoms with Gasteiger partial charge in [-0.1, -0.05) is 18.2 Å². The van der Waals surface area contributed by atoms with E-state index < -0.39 is 38.9 Å². The fourth-order valence-electron chi connectivity index (χ4n) is 5.90. The number of anilines is 1. The summed E-state index contributed by atoms with van der Waals surface area (Å²) in [5, 5.41) is 11.6. The molecule has 2 saturated heterocycles. The first-order chi connectivity index (χ1) is 19.6. The van der Waals surface area contributed by atoms with E-state index in [1.807, 2.05) is 6.92 Å². The highest BCUT2D eigenvalue weighted by Gasteiger charge is 2.66. The van der Waals surface area contributed by atoms with Gasteiger partial charge in [0.25, 0.3) is 17.6 Å². The predicted molar refractivity (Wildman–Crippen MR) is 152 cm³/mol. The molecule has 11 nitrogen and oxygen atoms in total. The second-order valence-corrected chi connectivity index (χ2v) is 12.6. The summed E-state index contributed by atoms with van der Waals surface area (Å²) in [5.74, 6) is -2.84. The molecule has 0 aromatic heterocycles. The molecular formula is C29H34N4O7S. The van der Waals surface area contributed by atoms with Crippen molar-refractivity contribution >= 4 is 39.1 Å². The molecule has 1 N–H and O–H groups in total. The minimum absolute atomic E-state index is 0.00299. The van der Waals surface area contributed by atoms with Gasteiger partial charge in [-0.25, -0.2) is 12.7 Å². The van der Waals surface area contributed by atoms with Crippen molar-refractivity contribution < 1.29 is 32.6 Å². The SMILES string of the molecule is CCN1C(=O)[C@@]2(C(=C(O)c3ccc(S(=O)(=O)N(C)C)cc3)C(=O)C(=O)N2CCCN2CCOCC2)c2ccccc21. The van der Waals surface area contributed by atoms with Gasteiger partial charge in [0.2, 0.25) is 10.0 Å². The number of hydrogen-bond acceptors (Lipinski definition) is 8. The third kappa shape index (κ3) is 4.55. The Morgan fingerprint density at radius 3 is 2.29 bits per heavy atom. The van der Waals surface area contributed by atoms with Crippen molar-refractivity contribution in [2.24, 2.45) is 0 Å². The summed E-state index contributed by atoms with van der Waals surface area (Å²) in [6.45, 7) is 5.64.